The number of carbonyl (C=O) groups excluding carboxylic acids is 1. The Kier molecular flexibility index (Phi) is 4.09. The molecule has 0 aliphatic carbocycles. The number of thiazole rings is 1. The molecule has 0 bridgehead atoms. The molecule has 18 heavy (non-hydrogen) atoms. The minimum absolute atomic E-state index is 0.205. The highest BCUT2D eigenvalue weighted by Crippen LogP contribution is 2.23. The molecule has 0 aliphatic rings. The van der Waals surface area contributed by atoms with Gasteiger partial charge in [0.1, 0.15) is 5.01 Å². The highest BCUT2D eigenvalue weighted by molar-refractivity contribution is 7.13. The van der Waals surface area contributed by atoms with Crippen molar-refractivity contribution >= 4 is 17.3 Å². The summed E-state index contributed by atoms with van der Waals surface area (Å²) < 4.78 is 6.65. The van der Waals surface area contributed by atoms with Crippen LogP contribution >= 0.6 is 11.3 Å². The number of aromatic nitrogens is 3. The Labute approximate surface area is 109 Å². The zero-order valence-electron chi connectivity index (χ0n) is 10.4. The van der Waals surface area contributed by atoms with Crippen LogP contribution in [0.1, 0.15) is 19.0 Å². The van der Waals surface area contributed by atoms with Crippen molar-refractivity contribution in [2.24, 2.45) is 0 Å². The van der Waals surface area contributed by atoms with Crippen LogP contribution in [0.2, 0.25) is 0 Å². The van der Waals surface area contributed by atoms with Crippen LogP contribution in [0.3, 0.4) is 0 Å². The molecule has 6 heteroatoms. The fraction of sp³-hybridized carbons (Fsp3) is 0.417. The Morgan fingerprint density at radius 3 is 3.11 bits per heavy atom. The standard InChI is InChI=1S/C12H15N3O2S/c1-3-15-8-13-6-10(15)12-14-9(7-18-12)4-5-11(16)17-2/h6-8H,3-5H2,1-2H3. The van der Waals surface area contributed by atoms with Crippen molar-refractivity contribution in [3.8, 4) is 10.7 Å². The number of hydrogen-bond acceptors (Lipinski definition) is 5. The molecule has 0 radical (unpaired) electrons. The summed E-state index contributed by atoms with van der Waals surface area (Å²) in [5, 5.41) is 2.92. The molecule has 2 aromatic heterocycles. The lowest BCUT2D eigenvalue weighted by atomic mass is 10.2. The fourth-order valence-corrected chi connectivity index (χ4v) is 2.50. The molecule has 0 fully saturated rings. The maximum atomic E-state index is 11.1. The van der Waals surface area contributed by atoms with E-state index in [1.165, 1.54) is 7.11 Å². The third kappa shape index (κ3) is 2.76. The Bertz CT molecular complexity index is 533. The highest BCUT2D eigenvalue weighted by Gasteiger charge is 2.10. The molecular formula is C12H15N3O2S. The number of hydrogen-bond donors (Lipinski definition) is 0. The van der Waals surface area contributed by atoms with Gasteiger partial charge in [-0.05, 0) is 6.92 Å². The molecule has 0 amide bonds. The molecule has 0 saturated carbocycles. The zero-order chi connectivity index (χ0) is 13.0. The van der Waals surface area contributed by atoms with E-state index in [0.29, 0.717) is 12.8 Å². The predicted octanol–water partition coefficient (Wildman–Crippen LogP) is 2.13. The summed E-state index contributed by atoms with van der Waals surface area (Å²) in [6, 6.07) is 0. The summed E-state index contributed by atoms with van der Waals surface area (Å²) in [5.74, 6) is -0.205. The molecular weight excluding hydrogens is 250 g/mol. The van der Waals surface area contributed by atoms with E-state index in [4.69, 9.17) is 0 Å². The number of esters is 1. The minimum Gasteiger partial charge on any atom is -0.469 e. The van der Waals surface area contributed by atoms with E-state index >= 15 is 0 Å². The number of imidazole rings is 1. The average molecular weight is 265 g/mol. The topological polar surface area (TPSA) is 57.0 Å². The summed E-state index contributed by atoms with van der Waals surface area (Å²) in [5.41, 5.74) is 1.94. The molecule has 2 aromatic rings. The first-order valence-electron chi connectivity index (χ1n) is 5.76. The van der Waals surface area contributed by atoms with Gasteiger partial charge in [0, 0.05) is 18.3 Å². The van der Waals surface area contributed by atoms with Gasteiger partial charge in [0.05, 0.1) is 37.4 Å². The third-order valence-corrected chi connectivity index (χ3v) is 3.55. The summed E-state index contributed by atoms with van der Waals surface area (Å²) in [4.78, 5) is 19.7. The van der Waals surface area contributed by atoms with Crippen molar-refractivity contribution in [1.82, 2.24) is 14.5 Å². The third-order valence-electron chi connectivity index (χ3n) is 2.64. The smallest absolute Gasteiger partial charge is 0.305 e. The van der Waals surface area contributed by atoms with Crippen molar-refractivity contribution in [3.05, 3.63) is 23.6 Å². The van der Waals surface area contributed by atoms with E-state index in [0.717, 1.165) is 22.9 Å². The second-order valence-corrected chi connectivity index (χ2v) is 4.64. The first kappa shape index (κ1) is 12.8. The summed E-state index contributed by atoms with van der Waals surface area (Å²) in [6.45, 7) is 2.93. The van der Waals surface area contributed by atoms with Crippen LogP contribution in [-0.4, -0.2) is 27.6 Å². The maximum absolute atomic E-state index is 11.1. The molecule has 0 aromatic carbocycles. The summed E-state index contributed by atoms with van der Waals surface area (Å²) in [7, 11) is 1.40. The number of methoxy groups -OCH3 is 1. The van der Waals surface area contributed by atoms with Crippen molar-refractivity contribution in [2.45, 2.75) is 26.3 Å². The van der Waals surface area contributed by atoms with Gasteiger partial charge in [0.25, 0.3) is 0 Å². The minimum atomic E-state index is -0.205. The monoisotopic (exact) mass is 265 g/mol. The van der Waals surface area contributed by atoms with Gasteiger partial charge >= 0.3 is 5.97 Å². The van der Waals surface area contributed by atoms with Crippen molar-refractivity contribution in [2.75, 3.05) is 7.11 Å². The highest BCUT2D eigenvalue weighted by atomic mass is 32.1. The van der Waals surface area contributed by atoms with Crippen LogP contribution in [-0.2, 0) is 22.5 Å². The van der Waals surface area contributed by atoms with Gasteiger partial charge in [0.2, 0.25) is 0 Å². The zero-order valence-corrected chi connectivity index (χ0v) is 11.2. The van der Waals surface area contributed by atoms with Gasteiger partial charge < -0.3 is 9.30 Å². The molecule has 0 aliphatic heterocycles. The lowest BCUT2D eigenvalue weighted by Gasteiger charge is -2.00. The second kappa shape index (κ2) is 5.77. The van der Waals surface area contributed by atoms with E-state index < -0.39 is 0 Å². The van der Waals surface area contributed by atoms with Gasteiger partial charge in [-0.15, -0.1) is 11.3 Å². The number of ether oxygens (including phenoxy) is 1. The van der Waals surface area contributed by atoms with Gasteiger partial charge in [-0.2, -0.15) is 0 Å². The number of carbonyl (C=O) groups is 1. The number of aryl methyl sites for hydroxylation is 2. The molecule has 0 atom stereocenters. The molecule has 0 N–H and O–H groups in total. The van der Waals surface area contributed by atoms with Crippen LogP contribution in [0.4, 0.5) is 0 Å². The predicted molar refractivity (Wildman–Crippen MR) is 69.3 cm³/mol. The fourth-order valence-electron chi connectivity index (χ4n) is 1.62. The van der Waals surface area contributed by atoms with Crippen molar-refractivity contribution in [1.29, 1.82) is 0 Å². The van der Waals surface area contributed by atoms with Crippen LogP contribution in [0.15, 0.2) is 17.9 Å². The molecule has 5 nitrogen and oxygen atoms in total. The van der Waals surface area contributed by atoms with Crippen LogP contribution in [0.25, 0.3) is 10.7 Å². The largest absolute Gasteiger partial charge is 0.469 e. The van der Waals surface area contributed by atoms with Crippen LogP contribution in [0.5, 0.6) is 0 Å². The van der Waals surface area contributed by atoms with E-state index in [-0.39, 0.29) is 5.97 Å². The average Bonchev–Trinajstić information content (AvgIpc) is 3.03. The van der Waals surface area contributed by atoms with Gasteiger partial charge in [0.15, 0.2) is 0 Å². The quantitative estimate of drug-likeness (QED) is 0.777. The van der Waals surface area contributed by atoms with E-state index in [1.54, 1.807) is 17.7 Å². The summed E-state index contributed by atoms with van der Waals surface area (Å²) in [6.07, 6.45) is 4.59. The van der Waals surface area contributed by atoms with E-state index in [9.17, 15) is 4.79 Å². The first-order valence-corrected chi connectivity index (χ1v) is 6.64. The van der Waals surface area contributed by atoms with Gasteiger partial charge in [-0.1, -0.05) is 0 Å². The lowest BCUT2D eigenvalue weighted by Crippen LogP contribution is -2.02. The van der Waals surface area contributed by atoms with Crippen LogP contribution in [0, 0.1) is 0 Å². The Morgan fingerprint density at radius 1 is 1.56 bits per heavy atom. The van der Waals surface area contributed by atoms with Gasteiger partial charge in [-0.3, -0.25) is 4.79 Å². The first-order chi connectivity index (χ1) is 8.74. The molecule has 0 unspecified atom stereocenters. The Balaban J connectivity index is 2.08. The van der Waals surface area contributed by atoms with Crippen molar-refractivity contribution in [3.63, 3.8) is 0 Å². The number of nitrogens with zero attached hydrogens (tertiary/aromatic N) is 3. The second-order valence-electron chi connectivity index (χ2n) is 3.79. The normalized spacial score (nSPS) is 10.6. The van der Waals surface area contributed by atoms with E-state index in [2.05, 4.69) is 21.6 Å². The van der Waals surface area contributed by atoms with Crippen LogP contribution < -0.4 is 0 Å². The number of rotatable bonds is 5. The maximum Gasteiger partial charge on any atom is 0.305 e. The van der Waals surface area contributed by atoms with E-state index in [1.807, 2.05) is 16.1 Å². The molecule has 0 saturated heterocycles. The lowest BCUT2D eigenvalue weighted by molar-refractivity contribution is -0.140. The Morgan fingerprint density at radius 2 is 2.39 bits per heavy atom. The Hall–Kier alpha value is -1.69. The van der Waals surface area contributed by atoms with Gasteiger partial charge in [-0.25, -0.2) is 9.97 Å². The molecule has 2 rings (SSSR count). The van der Waals surface area contributed by atoms with Crippen molar-refractivity contribution < 1.29 is 9.53 Å². The molecule has 2 heterocycles. The molecule has 96 valence electrons. The SMILES string of the molecule is CCn1cncc1-c1nc(CCC(=O)OC)cs1. The summed E-state index contributed by atoms with van der Waals surface area (Å²) >= 11 is 1.57. The molecule has 0 spiro atoms.